The lowest BCUT2D eigenvalue weighted by Crippen LogP contribution is -2.13. The predicted octanol–water partition coefficient (Wildman–Crippen LogP) is 4.08. The number of nitrogens with one attached hydrogen (secondary N) is 2. The summed E-state index contributed by atoms with van der Waals surface area (Å²) in [6.07, 6.45) is 0. The molecule has 0 unspecified atom stereocenters. The number of fused-ring (bicyclic) bond motifs is 1. The molecule has 1 aromatic heterocycles. The van der Waals surface area contributed by atoms with Gasteiger partial charge in [-0.1, -0.05) is 23.8 Å². The van der Waals surface area contributed by atoms with E-state index in [4.69, 9.17) is 5.11 Å². The molecule has 124 valence electrons. The molecule has 2 aromatic carbocycles. The molecule has 3 N–H and O–H groups in total. The van der Waals surface area contributed by atoms with Gasteiger partial charge in [-0.15, -0.1) is 0 Å². The number of benzene rings is 2. The maximum Gasteiger partial charge on any atom is 0.335 e. The smallest absolute Gasteiger partial charge is 0.335 e. The molecule has 0 fully saturated rings. The van der Waals surface area contributed by atoms with Crippen molar-refractivity contribution in [1.82, 2.24) is 10.3 Å². The number of carboxylic acid groups (broad SMARTS) is 1. The Morgan fingerprint density at radius 2 is 1.92 bits per heavy atom. The Morgan fingerprint density at radius 1 is 1.12 bits per heavy atom. The van der Waals surface area contributed by atoms with Crippen molar-refractivity contribution >= 4 is 16.9 Å². The number of rotatable bonds is 5. The van der Waals surface area contributed by atoms with Crippen LogP contribution in [0.15, 0.2) is 36.4 Å². The van der Waals surface area contributed by atoms with Crippen LogP contribution in [-0.2, 0) is 13.1 Å². The fourth-order valence-electron chi connectivity index (χ4n) is 3.08. The highest BCUT2D eigenvalue weighted by Crippen LogP contribution is 2.26. The van der Waals surface area contributed by atoms with Crippen molar-refractivity contribution in [1.29, 1.82) is 0 Å². The molecule has 0 aliphatic heterocycles. The van der Waals surface area contributed by atoms with Crippen LogP contribution in [0, 0.1) is 20.8 Å². The maximum absolute atomic E-state index is 11.0. The van der Waals surface area contributed by atoms with Crippen molar-refractivity contribution in [3.8, 4) is 0 Å². The van der Waals surface area contributed by atoms with Gasteiger partial charge in [0.25, 0.3) is 0 Å². The topological polar surface area (TPSA) is 65.1 Å². The van der Waals surface area contributed by atoms with Crippen molar-refractivity contribution in [3.05, 3.63) is 69.9 Å². The zero-order valence-electron chi connectivity index (χ0n) is 14.2. The third-order valence-corrected chi connectivity index (χ3v) is 4.46. The van der Waals surface area contributed by atoms with Gasteiger partial charge in [-0.2, -0.15) is 0 Å². The first-order chi connectivity index (χ1) is 11.5. The highest BCUT2D eigenvalue weighted by Gasteiger charge is 2.09. The molecule has 4 heteroatoms. The zero-order chi connectivity index (χ0) is 17.3. The molecular weight excluding hydrogens is 300 g/mol. The van der Waals surface area contributed by atoms with E-state index in [2.05, 4.69) is 43.2 Å². The standard InChI is InChI=1S/C20H22N2O2/c1-12-7-17(19-18(8-12)13(2)14(3)22-19)11-21-10-15-5-4-6-16(9-15)20(23)24/h4-9,21-22H,10-11H2,1-3H3,(H,23,24). The summed E-state index contributed by atoms with van der Waals surface area (Å²) in [5.41, 5.74) is 7.45. The summed E-state index contributed by atoms with van der Waals surface area (Å²) in [6.45, 7) is 7.71. The number of carbonyl (C=O) groups is 1. The van der Waals surface area contributed by atoms with Crippen LogP contribution in [-0.4, -0.2) is 16.1 Å². The van der Waals surface area contributed by atoms with Crippen LogP contribution in [0.5, 0.6) is 0 Å². The minimum Gasteiger partial charge on any atom is -0.478 e. The van der Waals surface area contributed by atoms with Gasteiger partial charge in [0.2, 0.25) is 0 Å². The summed E-state index contributed by atoms with van der Waals surface area (Å²) in [6, 6.07) is 11.5. The number of hydrogen-bond donors (Lipinski definition) is 3. The normalized spacial score (nSPS) is 11.1. The summed E-state index contributed by atoms with van der Waals surface area (Å²) in [5, 5.41) is 13.8. The molecule has 1 heterocycles. The molecule has 0 aliphatic carbocycles. The van der Waals surface area contributed by atoms with Gasteiger partial charge in [0.1, 0.15) is 0 Å². The van der Waals surface area contributed by atoms with Gasteiger partial charge < -0.3 is 15.4 Å². The number of aromatic amines is 1. The Hall–Kier alpha value is -2.59. The Bertz CT molecular complexity index is 909. The molecule has 4 nitrogen and oxygen atoms in total. The fourth-order valence-corrected chi connectivity index (χ4v) is 3.08. The highest BCUT2D eigenvalue weighted by molar-refractivity contribution is 5.88. The van der Waals surface area contributed by atoms with Gasteiger partial charge in [-0.05, 0) is 55.7 Å². The van der Waals surface area contributed by atoms with E-state index in [-0.39, 0.29) is 0 Å². The number of aromatic carboxylic acids is 1. The van der Waals surface area contributed by atoms with Gasteiger partial charge in [0.15, 0.2) is 0 Å². The predicted molar refractivity (Wildman–Crippen MR) is 96.5 cm³/mol. The van der Waals surface area contributed by atoms with E-state index in [9.17, 15) is 4.79 Å². The molecule has 0 spiro atoms. The first-order valence-electron chi connectivity index (χ1n) is 8.07. The molecule has 0 bridgehead atoms. The third-order valence-electron chi connectivity index (χ3n) is 4.46. The molecule has 0 aliphatic rings. The summed E-state index contributed by atoms with van der Waals surface area (Å²) >= 11 is 0. The van der Waals surface area contributed by atoms with Crippen molar-refractivity contribution in [2.45, 2.75) is 33.9 Å². The van der Waals surface area contributed by atoms with Crippen LogP contribution in [0.2, 0.25) is 0 Å². The summed E-state index contributed by atoms with van der Waals surface area (Å²) in [4.78, 5) is 14.5. The largest absolute Gasteiger partial charge is 0.478 e. The SMILES string of the molecule is Cc1cc(CNCc2cccc(C(=O)O)c2)c2[nH]c(C)c(C)c2c1. The zero-order valence-corrected chi connectivity index (χ0v) is 14.2. The van der Waals surface area contributed by atoms with Gasteiger partial charge >= 0.3 is 5.97 Å². The third kappa shape index (κ3) is 3.19. The number of aromatic nitrogens is 1. The van der Waals surface area contributed by atoms with Crippen molar-refractivity contribution in [2.75, 3.05) is 0 Å². The van der Waals surface area contributed by atoms with Crippen LogP contribution in [0.25, 0.3) is 10.9 Å². The van der Waals surface area contributed by atoms with Crippen LogP contribution in [0.1, 0.15) is 38.3 Å². The second kappa shape index (κ2) is 6.49. The maximum atomic E-state index is 11.0. The minimum atomic E-state index is -0.894. The number of aryl methyl sites for hydroxylation is 3. The quantitative estimate of drug-likeness (QED) is 0.663. The average Bonchev–Trinajstić information content (AvgIpc) is 2.83. The Labute approximate surface area is 141 Å². The highest BCUT2D eigenvalue weighted by atomic mass is 16.4. The van der Waals surface area contributed by atoms with Crippen LogP contribution >= 0.6 is 0 Å². The molecule has 0 saturated carbocycles. The van der Waals surface area contributed by atoms with Crippen LogP contribution < -0.4 is 5.32 Å². The van der Waals surface area contributed by atoms with Gasteiger partial charge in [0, 0.05) is 24.2 Å². The molecule has 0 saturated heterocycles. The minimum absolute atomic E-state index is 0.322. The van der Waals surface area contributed by atoms with Crippen molar-refractivity contribution in [2.24, 2.45) is 0 Å². The first-order valence-corrected chi connectivity index (χ1v) is 8.07. The Balaban J connectivity index is 1.78. The molecule has 24 heavy (non-hydrogen) atoms. The molecule has 0 amide bonds. The molecule has 3 rings (SSSR count). The van der Waals surface area contributed by atoms with E-state index >= 15 is 0 Å². The lowest BCUT2D eigenvalue weighted by molar-refractivity contribution is 0.0696. The van der Waals surface area contributed by atoms with Crippen LogP contribution in [0.4, 0.5) is 0 Å². The van der Waals surface area contributed by atoms with Gasteiger partial charge in [0.05, 0.1) is 11.1 Å². The monoisotopic (exact) mass is 322 g/mol. The van der Waals surface area contributed by atoms with E-state index in [0.29, 0.717) is 12.1 Å². The average molecular weight is 322 g/mol. The summed E-state index contributed by atoms with van der Waals surface area (Å²) in [5.74, 6) is -0.894. The first kappa shape index (κ1) is 16.3. The molecular formula is C20H22N2O2. The lowest BCUT2D eigenvalue weighted by Gasteiger charge is -2.09. The van der Waals surface area contributed by atoms with E-state index in [1.807, 2.05) is 6.07 Å². The van der Waals surface area contributed by atoms with Gasteiger partial charge in [-0.3, -0.25) is 0 Å². The lowest BCUT2D eigenvalue weighted by atomic mass is 10.0. The number of H-pyrrole nitrogens is 1. The van der Waals surface area contributed by atoms with E-state index in [0.717, 1.165) is 12.1 Å². The van der Waals surface area contributed by atoms with E-state index in [1.54, 1.807) is 18.2 Å². The van der Waals surface area contributed by atoms with E-state index in [1.165, 1.54) is 33.3 Å². The molecule has 0 atom stereocenters. The number of carboxylic acids is 1. The fraction of sp³-hybridized carbons (Fsp3) is 0.250. The Kier molecular flexibility index (Phi) is 4.40. The van der Waals surface area contributed by atoms with Crippen molar-refractivity contribution < 1.29 is 9.90 Å². The van der Waals surface area contributed by atoms with Crippen LogP contribution in [0.3, 0.4) is 0 Å². The van der Waals surface area contributed by atoms with E-state index < -0.39 is 5.97 Å². The summed E-state index contributed by atoms with van der Waals surface area (Å²) < 4.78 is 0. The second-order valence-corrected chi connectivity index (χ2v) is 6.33. The second-order valence-electron chi connectivity index (χ2n) is 6.33. The van der Waals surface area contributed by atoms with Gasteiger partial charge in [-0.25, -0.2) is 4.79 Å². The summed E-state index contributed by atoms with van der Waals surface area (Å²) in [7, 11) is 0. The number of hydrogen-bond acceptors (Lipinski definition) is 2. The van der Waals surface area contributed by atoms with Crippen molar-refractivity contribution in [3.63, 3.8) is 0 Å². The Morgan fingerprint density at radius 3 is 2.67 bits per heavy atom. The molecule has 3 aromatic rings. The molecule has 0 radical (unpaired) electrons.